The van der Waals surface area contributed by atoms with Crippen LogP contribution in [0.2, 0.25) is 0 Å². The number of ether oxygens (including phenoxy) is 1. The normalized spacial score (nSPS) is 14.6. The van der Waals surface area contributed by atoms with Crippen LogP contribution in [0.3, 0.4) is 0 Å². The van der Waals surface area contributed by atoms with Crippen molar-refractivity contribution < 1.29 is 22.7 Å². The van der Waals surface area contributed by atoms with Crippen molar-refractivity contribution in [1.29, 1.82) is 0 Å². The molecule has 2 aromatic rings. The lowest BCUT2D eigenvalue weighted by molar-refractivity contribution is -0.328. The number of rotatable bonds is 7. The Hall–Kier alpha value is -2.95. The van der Waals surface area contributed by atoms with E-state index >= 15 is 0 Å². The molecule has 3 rings (SSSR count). The molecule has 11 heteroatoms. The monoisotopic (exact) mass is 411 g/mol. The fourth-order valence-electron chi connectivity index (χ4n) is 2.90. The van der Waals surface area contributed by atoms with E-state index in [1.807, 2.05) is 4.90 Å². The first kappa shape index (κ1) is 20.8. The van der Waals surface area contributed by atoms with E-state index in [9.17, 15) is 22.8 Å². The van der Waals surface area contributed by atoms with E-state index in [0.29, 0.717) is 36.7 Å². The Balaban J connectivity index is 1.62. The van der Waals surface area contributed by atoms with Crippen molar-refractivity contribution in [2.45, 2.75) is 19.8 Å². The van der Waals surface area contributed by atoms with Crippen LogP contribution < -0.4 is 15.8 Å². The number of carbonyl (C=O) groups excluding carboxylic acids is 1. The van der Waals surface area contributed by atoms with Gasteiger partial charge in [-0.25, -0.2) is 9.67 Å². The molecule has 1 fully saturated rings. The second-order valence-corrected chi connectivity index (χ2v) is 6.60. The first-order chi connectivity index (χ1) is 13.7. The fraction of sp³-hybridized carbons (Fsp3) is 0.444. The van der Waals surface area contributed by atoms with E-state index in [1.165, 1.54) is 6.07 Å². The Morgan fingerprint density at radius 2 is 2.03 bits per heavy atom. The van der Waals surface area contributed by atoms with Gasteiger partial charge in [-0.2, -0.15) is 5.10 Å². The molecule has 1 aliphatic heterocycles. The van der Waals surface area contributed by atoms with Gasteiger partial charge < -0.3 is 10.2 Å². The predicted octanol–water partition coefficient (Wildman–Crippen LogP) is 1.41. The second kappa shape index (κ2) is 8.60. The van der Waals surface area contributed by atoms with E-state index in [0.717, 1.165) is 4.68 Å². The van der Waals surface area contributed by atoms with Gasteiger partial charge in [-0.15, -0.1) is 13.2 Å². The molecular formula is C18H20F3N5O3. The van der Waals surface area contributed by atoms with Gasteiger partial charge in [0.25, 0.3) is 5.56 Å². The van der Waals surface area contributed by atoms with Crippen LogP contribution in [0.25, 0.3) is 11.3 Å². The van der Waals surface area contributed by atoms with Crippen molar-refractivity contribution in [2.24, 2.45) is 5.92 Å². The minimum atomic E-state index is -4.61. The summed E-state index contributed by atoms with van der Waals surface area (Å²) in [6.45, 7) is 2.55. The lowest BCUT2D eigenvalue weighted by Gasteiger charge is -2.40. The van der Waals surface area contributed by atoms with Gasteiger partial charge in [0.05, 0.1) is 12.3 Å². The number of nitrogens with zero attached hydrogens (tertiary/aromatic N) is 4. The minimum absolute atomic E-state index is 0.179. The van der Waals surface area contributed by atoms with Crippen molar-refractivity contribution in [3.8, 4) is 11.3 Å². The number of pyridine rings is 1. The first-order valence-corrected chi connectivity index (χ1v) is 9.02. The van der Waals surface area contributed by atoms with Gasteiger partial charge in [0.15, 0.2) is 0 Å². The number of carbonyl (C=O) groups is 1. The molecular weight excluding hydrogens is 391 g/mol. The number of aromatic nitrogens is 3. The summed E-state index contributed by atoms with van der Waals surface area (Å²) < 4.78 is 41.1. The SMILES string of the molecule is CCNC(=O)Cn1nc(-c2ccc(N3CC(COC(F)(F)F)C3)nc2)ccc1=O. The van der Waals surface area contributed by atoms with Gasteiger partial charge in [0, 0.05) is 43.4 Å². The van der Waals surface area contributed by atoms with Crippen LogP contribution in [0.1, 0.15) is 6.92 Å². The quantitative estimate of drug-likeness (QED) is 0.741. The van der Waals surface area contributed by atoms with E-state index < -0.39 is 11.9 Å². The molecule has 29 heavy (non-hydrogen) atoms. The maximum absolute atomic E-state index is 12.1. The third kappa shape index (κ3) is 5.53. The van der Waals surface area contributed by atoms with E-state index in [1.54, 1.807) is 31.3 Å². The number of amides is 1. The Kier molecular flexibility index (Phi) is 6.16. The number of likely N-dealkylation sites (N-methyl/N-ethyl adjacent to an activating group) is 1. The van der Waals surface area contributed by atoms with E-state index in [2.05, 4.69) is 20.1 Å². The largest absolute Gasteiger partial charge is 0.522 e. The topological polar surface area (TPSA) is 89.3 Å². The van der Waals surface area contributed by atoms with Crippen LogP contribution in [-0.4, -0.2) is 53.3 Å². The van der Waals surface area contributed by atoms with Crippen LogP contribution in [-0.2, 0) is 16.1 Å². The third-order valence-electron chi connectivity index (χ3n) is 4.34. The first-order valence-electron chi connectivity index (χ1n) is 9.02. The van der Waals surface area contributed by atoms with Gasteiger partial charge in [0.1, 0.15) is 12.4 Å². The highest BCUT2D eigenvalue weighted by Gasteiger charge is 2.34. The molecule has 0 bridgehead atoms. The van der Waals surface area contributed by atoms with E-state index in [-0.39, 0.29) is 25.0 Å². The predicted molar refractivity (Wildman–Crippen MR) is 98.1 cm³/mol. The van der Waals surface area contributed by atoms with Crippen molar-refractivity contribution in [3.05, 3.63) is 40.8 Å². The lowest BCUT2D eigenvalue weighted by Crippen LogP contribution is -2.49. The zero-order valence-electron chi connectivity index (χ0n) is 15.6. The summed E-state index contributed by atoms with van der Waals surface area (Å²) >= 11 is 0. The molecule has 1 saturated heterocycles. The average Bonchev–Trinajstić information content (AvgIpc) is 2.62. The molecule has 0 aliphatic carbocycles. The van der Waals surface area contributed by atoms with Gasteiger partial charge in [-0.05, 0) is 25.1 Å². The molecule has 0 saturated carbocycles. The highest BCUT2D eigenvalue weighted by atomic mass is 19.4. The summed E-state index contributed by atoms with van der Waals surface area (Å²) in [5.41, 5.74) is 0.737. The highest BCUT2D eigenvalue weighted by molar-refractivity contribution is 5.75. The molecule has 3 heterocycles. The summed E-state index contributed by atoms with van der Waals surface area (Å²) in [6, 6.07) is 6.36. The summed E-state index contributed by atoms with van der Waals surface area (Å²) in [4.78, 5) is 29.8. The van der Waals surface area contributed by atoms with Gasteiger partial charge >= 0.3 is 6.36 Å². The fourth-order valence-corrected chi connectivity index (χ4v) is 2.90. The number of hydrogen-bond donors (Lipinski definition) is 1. The molecule has 156 valence electrons. The number of halogens is 3. The minimum Gasteiger partial charge on any atom is -0.356 e. The molecule has 1 amide bonds. The zero-order chi connectivity index (χ0) is 21.0. The number of nitrogens with one attached hydrogen (secondary N) is 1. The summed E-state index contributed by atoms with van der Waals surface area (Å²) in [7, 11) is 0. The molecule has 8 nitrogen and oxygen atoms in total. The van der Waals surface area contributed by atoms with Crippen molar-refractivity contribution in [3.63, 3.8) is 0 Å². The smallest absolute Gasteiger partial charge is 0.356 e. The number of alkyl halides is 3. The van der Waals surface area contributed by atoms with Gasteiger partial charge in [-0.3, -0.25) is 14.3 Å². The number of hydrogen-bond acceptors (Lipinski definition) is 6. The maximum Gasteiger partial charge on any atom is 0.522 e. The average molecular weight is 411 g/mol. The zero-order valence-corrected chi connectivity index (χ0v) is 15.6. The van der Waals surface area contributed by atoms with Gasteiger partial charge in [0.2, 0.25) is 5.91 Å². The van der Waals surface area contributed by atoms with Crippen molar-refractivity contribution >= 4 is 11.7 Å². The molecule has 0 atom stereocenters. The highest BCUT2D eigenvalue weighted by Crippen LogP contribution is 2.26. The summed E-state index contributed by atoms with van der Waals surface area (Å²) in [5, 5.41) is 6.81. The molecule has 0 unspecified atom stereocenters. The summed E-state index contributed by atoms with van der Waals surface area (Å²) in [6.07, 6.45) is -3.04. The maximum atomic E-state index is 12.1. The van der Waals surface area contributed by atoms with Crippen LogP contribution in [0.15, 0.2) is 35.3 Å². The van der Waals surface area contributed by atoms with Crippen molar-refractivity contribution in [1.82, 2.24) is 20.1 Å². The molecule has 0 aromatic carbocycles. The Bertz CT molecular complexity index is 908. The summed E-state index contributed by atoms with van der Waals surface area (Å²) in [5.74, 6) is 0.125. The Morgan fingerprint density at radius 1 is 1.28 bits per heavy atom. The molecule has 1 N–H and O–H groups in total. The van der Waals surface area contributed by atoms with Crippen LogP contribution in [0, 0.1) is 5.92 Å². The lowest BCUT2D eigenvalue weighted by atomic mass is 10.0. The molecule has 2 aromatic heterocycles. The van der Waals surface area contributed by atoms with Crippen molar-refractivity contribution in [2.75, 3.05) is 31.1 Å². The van der Waals surface area contributed by atoms with E-state index in [4.69, 9.17) is 0 Å². The van der Waals surface area contributed by atoms with Crippen LogP contribution in [0.4, 0.5) is 19.0 Å². The number of anilines is 1. The van der Waals surface area contributed by atoms with Crippen LogP contribution in [0.5, 0.6) is 0 Å². The van der Waals surface area contributed by atoms with Gasteiger partial charge in [-0.1, -0.05) is 0 Å². The Labute approximate surface area is 164 Å². The molecule has 0 radical (unpaired) electrons. The molecule has 0 spiro atoms. The third-order valence-corrected chi connectivity index (χ3v) is 4.34. The molecule has 1 aliphatic rings. The second-order valence-electron chi connectivity index (χ2n) is 6.60. The Morgan fingerprint density at radius 3 is 2.66 bits per heavy atom. The van der Waals surface area contributed by atoms with Crippen LogP contribution >= 0.6 is 0 Å². The standard InChI is InChI=1S/C18H20F3N5O3/c1-2-22-16(27)10-26-17(28)6-4-14(24-26)13-3-5-15(23-7-13)25-8-12(9-25)11-29-18(19,20)21/h3-7,12H,2,8-11H2,1H3,(H,22,27).